The van der Waals surface area contributed by atoms with Crippen molar-refractivity contribution in [3.05, 3.63) is 0 Å². The second-order valence-electron chi connectivity index (χ2n) is 2.33. The Labute approximate surface area is 68.5 Å². The molecule has 0 aliphatic heterocycles. The molecule has 74 valence electrons. The van der Waals surface area contributed by atoms with Crippen molar-refractivity contribution in [2.45, 2.75) is 19.3 Å². The molecule has 0 aromatic carbocycles. The third-order valence-corrected chi connectivity index (χ3v) is 1.13. The van der Waals surface area contributed by atoms with Crippen LogP contribution in [0.1, 0.15) is 6.92 Å². The fourth-order valence-electron chi connectivity index (χ4n) is 0.537. The quantitative estimate of drug-likeness (QED) is 0.615. The van der Waals surface area contributed by atoms with Gasteiger partial charge in [-0.2, -0.15) is 0 Å². The van der Waals surface area contributed by atoms with E-state index in [-0.39, 0.29) is 19.2 Å². The molecular weight excluding hydrogens is 175 g/mol. The molecule has 2 N–H and O–H groups in total. The molecule has 0 aliphatic rings. The van der Waals surface area contributed by atoms with Crippen LogP contribution in [0.25, 0.3) is 0 Å². The van der Waals surface area contributed by atoms with Crippen molar-refractivity contribution in [1.82, 2.24) is 5.32 Å². The maximum atomic E-state index is 11.4. The molecule has 0 saturated heterocycles. The minimum absolute atomic E-state index is 0.0707. The van der Waals surface area contributed by atoms with Gasteiger partial charge in [0.2, 0.25) is 0 Å². The lowest BCUT2D eigenvalue weighted by molar-refractivity contribution is -0.323. The topological polar surface area (TPSA) is 41.5 Å². The van der Waals surface area contributed by atoms with Crippen molar-refractivity contribution in [2.24, 2.45) is 0 Å². The summed E-state index contributed by atoms with van der Waals surface area (Å²) in [5.41, 5.74) is 0. The van der Waals surface area contributed by atoms with E-state index in [1.165, 1.54) is 0 Å². The van der Waals surface area contributed by atoms with Gasteiger partial charge in [0.25, 0.3) is 0 Å². The van der Waals surface area contributed by atoms with E-state index in [1.807, 2.05) is 0 Å². The first-order valence-electron chi connectivity index (χ1n) is 3.50. The largest absolute Gasteiger partial charge is 0.522 e. The molecule has 0 aromatic rings. The van der Waals surface area contributed by atoms with Crippen molar-refractivity contribution in [3.8, 4) is 0 Å². The molecular formula is C6H12F3NO2. The summed E-state index contributed by atoms with van der Waals surface area (Å²) in [5, 5.41) is 11.1. The Hall–Kier alpha value is -0.330. The van der Waals surface area contributed by atoms with Gasteiger partial charge in [-0.3, -0.25) is 4.74 Å². The van der Waals surface area contributed by atoms with Gasteiger partial charge in [0.05, 0.1) is 13.2 Å². The van der Waals surface area contributed by atoms with Crippen molar-refractivity contribution < 1.29 is 23.0 Å². The van der Waals surface area contributed by atoms with Crippen LogP contribution >= 0.6 is 0 Å². The molecule has 0 radical (unpaired) electrons. The Morgan fingerprint density at radius 1 is 1.50 bits per heavy atom. The Kier molecular flexibility index (Phi) is 5.19. The summed E-state index contributed by atoms with van der Waals surface area (Å²) in [5.74, 6) is 0. The zero-order chi connectivity index (χ0) is 9.61. The predicted octanol–water partition coefficient (Wildman–Crippen LogP) is 0.493. The summed E-state index contributed by atoms with van der Waals surface area (Å²) in [4.78, 5) is 0. The summed E-state index contributed by atoms with van der Waals surface area (Å²) in [7, 11) is 0. The van der Waals surface area contributed by atoms with E-state index in [2.05, 4.69) is 10.1 Å². The second kappa shape index (κ2) is 5.34. The average molecular weight is 187 g/mol. The minimum atomic E-state index is -4.57. The van der Waals surface area contributed by atoms with Crippen LogP contribution in [-0.2, 0) is 4.74 Å². The molecule has 0 rings (SSSR count). The van der Waals surface area contributed by atoms with Gasteiger partial charge in [0.1, 0.15) is 0 Å². The number of hydrogen-bond donors (Lipinski definition) is 2. The Balaban J connectivity index is 3.22. The number of rotatable bonds is 5. The van der Waals surface area contributed by atoms with E-state index in [1.54, 1.807) is 6.92 Å². The average Bonchev–Trinajstić information content (AvgIpc) is 1.96. The number of halogens is 3. The highest BCUT2D eigenvalue weighted by atomic mass is 19.4. The minimum Gasteiger partial charge on any atom is -0.395 e. The highest BCUT2D eigenvalue weighted by molar-refractivity contribution is 4.56. The van der Waals surface area contributed by atoms with Gasteiger partial charge in [-0.1, -0.05) is 0 Å². The van der Waals surface area contributed by atoms with E-state index < -0.39 is 13.0 Å². The highest BCUT2D eigenvalue weighted by Crippen LogP contribution is 2.14. The molecule has 0 fully saturated rings. The van der Waals surface area contributed by atoms with Crippen LogP contribution in [0.3, 0.4) is 0 Å². The monoisotopic (exact) mass is 187 g/mol. The molecule has 1 atom stereocenters. The summed E-state index contributed by atoms with van der Waals surface area (Å²) in [6.07, 6.45) is -4.57. The summed E-state index contributed by atoms with van der Waals surface area (Å²) >= 11 is 0. The standard InChI is InChI=1S/C6H12F3NO2/c1-5(4-11)10-2-3-12-6(7,8)9/h5,10-11H,2-4H2,1H3. The van der Waals surface area contributed by atoms with Crippen LogP contribution in [0.5, 0.6) is 0 Å². The van der Waals surface area contributed by atoms with E-state index in [9.17, 15) is 13.2 Å². The van der Waals surface area contributed by atoms with Gasteiger partial charge in [-0.15, -0.1) is 13.2 Å². The Bertz CT molecular complexity index is 118. The molecule has 1 unspecified atom stereocenters. The lowest BCUT2D eigenvalue weighted by Gasteiger charge is -2.11. The number of alkyl halides is 3. The smallest absolute Gasteiger partial charge is 0.395 e. The Morgan fingerprint density at radius 3 is 2.50 bits per heavy atom. The molecule has 0 aliphatic carbocycles. The van der Waals surface area contributed by atoms with Crippen molar-refractivity contribution in [3.63, 3.8) is 0 Å². The molecule has 0 spiro atoms. The van der Waals surface area contributed by atoms with Gasteiger partial charge in [0, 0.05) is 12.6 Å². The Morgan fingerprint density at radius 2 is 2.08 bits per heavy atom. The molecule has 0 aromatic heterocycles. The number of nitrogens with one attached hydrogen (secondary N) is 1. The lowest BCUT2D eigenvalue weighted by Crippen LogP contribution is -2.33. The van der Waals surface area contributed by atoms with Gasteiger partial charge in [0.15, 0.2) is 0 Å². The maximum absolute atomic E-state index is 11.4. The molecule has 0 heterocycles. The van der Waals surface area contributed by atoms with Gasteiger partial charge < -0.3 is 10.4 Å². The zero-order valence-electron chi connectivity index (χ0n) is 6.69. The van der Waals surface area contributed by atoms with Crippen LogP contribution in [-0.4, -0.2) is 37.3 Å². The third-order valence-electron chi connectivity index (χ3n) is 1.13. The van der Waals surface area contributed by atoms with Crippen LogP contribution in [0, 0.1) is 0 Å². The number of ether oxygens (including phenoxy) is 1. The first kappa shape index (κ1) is 11.7. The van der Waals surface area contributed by atoms with E-state index in [0.29, 0.717) is 0 Å². The molecule has 3 nitrogen and oxygen atoms in total. The predicted molar refractivity (Wildman–Crippen MR) is 36.6 cm³/mol. The third kappa shape index (κ3) is 7.77. The van der Waals surface area contributed by atoms with Gasteiger partial charge in [-0.05, 0) is 6.92 Å². The second-order valence-corrected chi connectivity index (χ2v) is 2.33. The number of hydrogen-bond acceptors (Lipinski definition) is 3. The van der Waals surface area contributed by atoms with Crippen LogP contribution in [0.15, 0.2) is 0 Å². The van der Waals surface area contributed by atoms with Crippen molar-refractivity contribution in [2.75, 3.05) is 19.8 Å². The normalized spacial score (nSPS) is 14.8. The van der Waals surface area contributed by atoms with Gasteiger partial charge in [-0.25, -0.2) is 0 Å². The van der Waals surface area contributed by atoms with E-state index in [0.717, 1.165) is 0 Å². The fourth-order valence-corrected chi connectivity index (χ4v) is 0.537. The zero-order valence-corrected chi connectivity index (χ0v) is 6.69. The first-order chi connectivity index (χ1) is 5.45. The SMILES string of the molecule is CC(CO)NCCOC(F)(F)F. The maximum Gasteiger partial charge on any atom is 0.522 e. The fraction of sp³-hybridized carbons (Fsp3) is 1.00. The highest BCUT2D eigenvalue weighted by Gasteiger charge is 2.28. The lowest BCUT2D eigenvalue weighted by atomic mass is 10.4. The van der Waals surface area contributed by atoms with Gasteiger partial charge >= 0.3 is 6.36 Å². The van der Waals surface area contributed by atoms with Crippen molar-refractivity contribution >= 4 is 0 Å². The molecule has 0 bridgehead atoms. The van der Waals surface area contributed by atoms with E-state index in [4.69, 9.17) is 5.11 Å². The first-order valence-corrected chi connectivity index (χ1v) is 3.50. The van der Waals surface area contributed by atoms with Crippen LogP contribution < -0.4 is 5.32 Å². The molecule has 0 amide bonds. The molecule has 12 heavy (non-hydrogen) atoms. The summed E-state index contributed by atoms with van der Waals surface area (Å²) < 4.78 is 37.6. The number of aliphatic hydroxyl groups excluding tert-OH is 1. The summed E-state index contributed by atoms with van der Waals surface area (Å²) in [6.45, 7) is 1.19. The number of aliphatic hydroxyl groups is 1. The van der Waals surface area contributed by atoms with Crippen molar-refractivity contribution in [1.29, 1.82) is 0 Å². The molecule has 6 heteroatoms. The molecule has 0 saturated carbocycles. The van der Waals surface area contributed by atoms with E-state index >= 15 is 0 Å². The van der Waals surface area contributed by atoms with Crippen LogP contribution in [0.4, 0.5) is 13.2 Å². The summed E-state index contributed by atoms with van der Waals surface area (Å²) in [6, 6.07) is -0.207. The van der Waals surface area contributed by atoms with Crippen LogP contribution in [0.2, 0.25) is 0 Å².